The van der Waals surface area contributed by atoms with Gasteiger partial charge in [0.1, 0.15) is 11.4 Å². The van der Waals surface area contributed by atoms with Crippen LogP contribution in [0.3, 0.4) is 0 Å². The number of rotatable bonds is 4. The number of phenolic OH excluding ortho intramolecular Hbond substituents is 1. The number of nitrogens with one attached hydrogen (secondary N) is 1. The van der Waals surface area contributed by atoms with E-state index in [0.29, 0.717) is 17.0 Å². The van der Waals surface area contributed by atoms with E-state index in [1.54, 1.807) is 19.1 Å². The van der Waals surface area contributed by atoms with Crippen molar-refractivity contribution in [3.8, 4) is 22.8 Å². The van der Waals surface area contributed by atoms with E-state index in [9.17, 15) is 9.90 Å². The van der Waals surface area contributed by atoms with Gasteiger partial charge in [-0.05, 0) is 43.7 Å². The highest BCUT2D eigenvalue weighted by Gasteiger charge is 2.20. The Morgan fingerprint density at radius 1 is 1.16 bits per heavy atom. The zero-order chi connectivity index (χ0) is 17.8. The summed E-state index contributed by atoms with van der Waals surface area (Å²) in [6.45, 7) is 3.56. The maximum Gasteiger partial charge on any atom is 0.413 e. The number of carbonyl (C=O) groups excluding carboxylic acids is 1. The lowest BCUT2D eigenvalue weighted by Crippen LogP contribution is -2.29. The summed E-state index contributed by atoms with van der Waals surface area (Å²) in [5.41, 5.74) is 2.09. The highest BCUT2D eigenvalue weighted by atomic mass is 16.6. The first kappa shape index (κ1) is 16.6. The zero-order valence-corrected chi connectivity index (χ0v) is 13.9. The predicted molar refractivity (Wildman–Crippen MR) is 92.4 cm³/mol. The Morgan fingerprint density at radius 3 is 2.52 bits per heavy atom. The van der Waals surface area contributed by atoms with E-state index >= 15 is 0 Å². The largest absolute Gasteiger partial charge is 0.508 e. The van der Waals surface area contributed by atoms with Gasteiger partial charge in [0.05, 0.1) is 6.04 Å². The summed E-state index contributed by atoms with van der Waals surface area (Å²) in [6, 6.07) is 15.7. The third-order valence-corrected chi connectivity index (χ3v) is 3.77. The molecule has 2 N–H and O–H groups in total. The number of nitrogens with zero attached hydrogens (tertiary/aromatic N) is 1. The van der Waals surface area contributed by atoms with Crippen molar-refractivity contribution in [2.75, 3.05) is 0 Å². The molecule has 0 aliphatic heterocycles. The summed E-state index contributed by atoms with van der Waals surface area (Å²) in [4.78, 5) is 12.2. The van der Waals surface area contributed by atoms with Crippen molar-refractivity contribution in [1.82, 2.24) is 10.5 Å². The van der Waals surface area contributed by atoms with Crippen LogP contribution in [0.1, 0.15) is 24.2 Å². The smallest absolute Gasteiger partial charge is 0.413 e. The van der Waals surface area contributed by atoms with Crippen LogP contribution in [-0.4, -0.2) is 16.4 Å². The Bertz CT molecular complexity index is 857. The molecule has 0 aliphatic rings. The van der Waals surface area contributed by atoms with Crippen molar-refractivity contribution in [3.63, 3.8) is 0 Å². The Morgan fingerprint density at radius 2 is 1.84 bits per heavy atom. The molecule has 1 heterocycles. The summed E-state index contributed by atoms with van der Waals surface area (Å²) in [6.07, 6.45) is -0.595. The van der Waals surface area contributed by atoms with E-state index in [1.807, 2.05) is 37.3 Å². The molecule has 2 aromatic carbocycles. The lowest BCUT2D eigenvalue weighted by Gasteiger charge is -2.14. The van der Waals surface area contributed by atoms with E-state index < -0.39 is 6.09 Å². The van der Waals surface area contributed by atoms with Crippen molar-refractivity contribution in [2.24, 2.45) is 0 Å². The van der Waals surface area contributed by atoms with Crippen molar-refractivity contribution in [2.45, 2.75) is 19.9 Å². The van der Waals surface area contributed by atoms with E-state index in [2.05, 4.69) is 10.5 Å². The number of aromatic hydroxyl groups is 1. The predicted octanol–water partition coefficient (Wildman–Crippen LogP) is 4.21. The summed E-state index contributed by atoms with van der Waals surface area (Å²) in [5.74, 6) is 0.723. The number of benzene rings is 2. The highest BCUT2D eigenvalue weighted by Crippen LogP contribution is 2.33. The van der Waals surface area contributed by atoms with Gasteiger partial charge in [-0.3, -0.25) is 0 Å². The molecule has 0 fully saturated rings. The van der Waals surface area contributed by atoms with Gasteiger partial charge in [0.25, 0.3) is 0 Å². The number of hydrogen-bond acceptors (Lipinski definition) is 5. The van der Waals surface area contributed by atoms with E-state index in [0.717, 1.165) is 5.56 Å². The molecule has 0 unspecified atom stereocenters. The standard InChI is InChI=1S/C19H18N2O4/c1-12(14-6-4-3-5-7-14)20-19(23)24-17-13(2)21-25-18(17)15-8-10-16(22)11-9-15/h3-12,22H,1-2H3,(H,20,23)/t12-/m1/s1. The minimum Gasteiger partial charge on any atom is -0.508 e. The third-order valence-electron chi connectivity index (χ3n) is 3.77. The SMILES string of the molecule is Cc1noc(-c2ccc(O)cc2)c1OC(=O)N[C@H](C)c1ccccc1. The second-order valence-electron chi connectivity index (χ2n) is 5.64. The van der Waals surface area contributed by atoms with Gasteiger partial charge in [-0.25, -0.2) is 4.79 Å². The minimum absolute atomic E-state index is 0.136. The van der Waals surface area contributed by atoms with E-state index in [-0.39, 0.29) is 17.5 Å². The van der Waals surface area contributed by atoms with Gasteiger partial charge in [0.2, 0.25) is 11.5 Å². The Kier molecular flexibility index (Phi) is 4.70. The van der Waals surface area contributed by atoms with Crippen molar-refractivity contribution in [3.05, 3.63) is 65.9 Å². The van der Waals surface area contributed by atoms with Gasteiger partial charge in [0.15, 0.2) is 0 Å². The van der Waals surface area contributed by atoms with E-state index in [1.165, 1.54) is 12.1 Å². The van der Waals surface area contributed by atoms with Crippen LogP contribution in [0.25, 0.3) is 11.3 Å². The summed E-state index contributed by atoms with van der Waals surface area (Å²) >= 11 is 0. The molecule has 25 heavy (non-hydrogen) atoms. The minimum atomic E-state index is -0.595. The summed E-state index contributed by atoms with van der Waals surface area (Å²) in [5, 5.41) is 16.0. The van der Waals surface area contributed by atoms with Crippen LogP contribution in [0.5, 0.6) is 11.5 Å². The maximum atomic E-state index is 12.2. The van der Waals surface area contributed by atoms with Gasteiger partial charge >= 0.3 is 6.09 Å². The van der Waals surface area contributed by atoms with Crippen LogP contribution in [-0.2, 0) is 0 Å². The average Bonchev–Trinajstić information content (AvgIpc) is 2.97. The molecule has 3 rings (SSSR count). The number of hydrogen-bond donors (Lipinski definition) is 2. The van der Waals surface area contributed by atoms with Crippen LogP contribution >= 0.6 is 0 Å². The molecule has 1 aromatic heterocycles. The molecule has 3 aromatic rings. The fraction of sp³-hybridized carbons (Fsp3) is 0.158. The van der Waals surface area contributed by atoms with Crippen molar-refractivity contribution in [1.29, 1.82) is 0 Å². The molecule has 128 valence electrons. The lowest BCUT2D eigenvalue weighted by molar-refractivity contribution is 0.196. The monoisotopic (exact) mass is 338 g/mol. The molecule has 6 heteroatoms. The quantitative estimate of drug-likeness (QED) is 0.744. The molecule has 0 radical (unpaired) electrons. The zero-order valence-electron chi connectivity index (χ0n) is 13.9. The van der Waals surface area contributed by atoms with Crippen molar-refractivity contribution < 1.29 is 19.2 Å². The van der Waals surface area contributed by atoms with Crippen LogP contribution in [0.2, 0.25) is 0 Å². The first-order valence-corrected chi connectivity index (χ1v) is 7.83. The number of aryl methyl sites for hydroxylation is 1. The van der Waals surface area contributed by atoms with Crippen LogP contribution in [0.4, 0.5) is 4.79 Å². The topological polar surface area (TPSA) is 84.6 Å². The molecule has 0 bridgehead atoms. The van der Waals surface area contributed by atoms with Crippen LogP contribution in [0, 0.1) is 6.92 Å². The molecule has 0 saturated heterocycles. The Labute approximate surface area is 145 Å². The molecule has 6 nitrogen and oxygen atoms in total. The van der Waals surface area contributed by atoms with Crippen LogP contribution in [0.15, 0.2) is 59.1 Å². The van der Waals surface area contributed by atoms with Gasteiger partial charge < -0.3 is 19.7 Å². The molecule has 0 aliphatic carbocycles. The van der Waals surface area contributed by atoms with Gasteiger partial charge in [-0.2, -0.15) is 0 Å². The normalized spacial score (nSPS) is 11.8. The molecular formula is C19H18N2O4. The Hall–Kier alpha value is -3.28. The molecule has 1 amide bonds. The first-order valence-electron chi connectivity index (χ1n) is 7.83. The highest BCUT2D eigenvalue weighted by molar-refractivity contribution is 5.75. The number of phenols is 1. The fourth-order valence-electron chi connectivity index (χ4n) is 2.40. The second kappa shape index (κ2) is 7.09. The Balaban J connectivity index is 1.75. The van der Waals surface area contributed by atoms with E-state index in [4.69, 9.17) is 9.26 Å². The van der Waals surface area contributed by atoms with Gasteiger partial charge in [-0.15, -0.1) is 0 Å². The number of carbonyl (C=O) groups is 1. The molecular weight excluding hydrogens is 320 g/mol. The molecule has 0 saturated carbocycles. The third kappa shape index (κ3) is 3.80. The van der Waals surface area contributed by atoms with Crippen molar-refractivity contribution >= 4 is 6.09 Å². The molecule has 0 spiro atoms. The average molecular weight is 338 g/mol. The summed E-state index contributed by atoms with van der Waals surface area (Å²) in [7, 11) is 0. The molecule has 1 atom stereocenters. The first-order chi connectivity index (χ1) is 12.0. The number of ether oxygens (including phenoxy) is 1. The van der Waals surface area contributed by atoms with Crippen LogP contribution < -0.4 is 10.1 Å². The number of amides is 1. The van der Waals surface area contributed by atoms with Gasteiger partial charge in [0, 0.05) is 5.56 Å². The number of aromatic nitrogens is 1. The maximum absolute atomic E-state index is 12.2. The second-order valence-corrected chi connectivity index (χ2v) is 5.64. The fourth-order valence-corrected chi connectivity index (χ4v) is 2.40. The lowest BCUT2D eigenvalue weighted by atomic mass is 10.1. The summed E-state index contributed by atoms with van der Waals surface area (Å²) < 4.78 is 10.7. The van der Waals surface area contributed by atoms with Gasteiger partial charge in [-0.1, -0.05) is 35.5 Å².